The van der Waals surface area contributed by atoms with E-state index < -0.39 is 6.04 Å². The number of aliphatic hydroxyl groups excluding tert-OH is 1. The zero-order valence-electron chi connectivity index (χ0n) is 11.5. The van der Waals surface area contributed by atoms with Gasteiger partial charge >= 0.3 is 0 Å². The van der Waals surface area contributed by atoms with E-state index in [2.05, 4.69) is 11.9 Å². The molecule has 19 heavy (non-hydrogen) atoms. The van der Waals surface area contributed by atoms with Crippen molar-refractivity contribution in [1.82, 2.24) is 14.8 Å². The van der Waals surface area contributed by atoms with Crippen molar-refractivity contribution in [2.75, 3.05) is 26.7 Å². The second-order valence-corrected chi connectivity index (χ2v) is 5.27. The van der Waals surface area contributed by atoms with Crippen LogP contribution in [-0.2, 0) is 11.3 Å². The van der Waals surface area contributed by atoms with Gasteiger partial charge in [-0.15, -0.1) is 0 Å². The maximum Gasteiger partial charge on any atom is 0.242 e. The second kappa shape index (κ2) is 6.12. The lowest BCUT2D eigenvalue weighted by molar-refractivity contribution is -0.135. The van der Waals surface area contributed by atoms with Gasteiger partial charge in [-0.2, -0.15) is 0 Å². The van der Waals surface area contributed by atoms with Gasteiger partial charge < -0.3 is 10.0 Å². The molecule has 0 saturated carbocycles. The van der Waals surface area contributed by atoms with Crippen molar-refractivity contribution < 1.29 is 9.90 Å². The average molecular weight is 263 g/mol. The Morgan fingerprint density at radius 3 is 2.84 bits per heavy atom. The van der Waals surface area contributed by atoms with Crippen molar-refractivity contribution in [3.63, 3.8) is 0 Å². The molecule has 0 aromatic carbocycles. The topological polar surface area (TPSA) is 56.7 Å². The maximum absolute atomic E-state index is 12.2. The van der Waals surface area contributed by atoms with E-state index in [4.69, 9.17) is 0 Å². The fourth-order valence-electron chi connectivity index (χ4n) is 2.62. The highest BCUT2D eigenvalue weighted by Gasteiger charge is 2.33. The second-order valence-electron chi connectivity index (χ2n) is 5.27. The van der Waals surface area contributed by atoms with E-state index in [9.17, 15) is 9.90 Å². The standard InChI is InChI=1S/C14H21N3O2/c1-11-7-16(2)14(19)13(10-18)17(8-11)9-12-5-3-4-6-15-12/h3-6,11,13,18H,7-10H2,1-2H3. The van der Waals surface area contributed by atoms with Crippen LogP contribution in [0.4, 0.5) is 0 Å². The number of amides is 1. The number of likely N-dealkylation sites (N-methyl/N-ethyl adjacent to an activating group) is 1. The predicted molar refractivity (Wildman–Crippen MR) is 72.3 cm³/mol. The fourth-order valence-corrected chi connectivity index (χ4v) is 2.62. The Morgan fingerprint density at radius 2 is 2.21 bits per heavy atom. The first kappa shape index (κ1) is 14.0. The van der Waals surface area contributed by atoms with Gasteiger partial charge in [-0.3, -0.25) is 14.7 Å². The van der Waals surface area contributed by atoms with E-state index in [0.29, 0.717) is 12.5 Å². The summed E-state index contributed by atoms with van der Waals surface area (Å²) in [6.45, 7) is 4.08. The first-order valence-electron chi connectivity index (χ1n) is 6.61. The summed E-state index contributed by atoms with van der Waals surface area (Å²) in [7, 11) is 1.80. The molecule has 1 N–H and O–H groups in total. The van der Waals surface area contributed by atoms with Crippen LogP contribution in [0.15, 0.2) is 24.4 Å². The Bertz CT molecular complexity index is 424. The van der Waals surface area contributed by atoms with E-state index in [1.54, 1.807) is 18.1 Å². The van der Waals surface area contributed by atoms with Gasteiger partial charge in [0.1, 0.15) is 6.04 Å². The quantitative estimate of drug-likeness (QED) is 0.855. The van der Waals surface area contributed by atoms with Crippen molar-refractivity contribution >= 4 is 5.91 Å². The van der Waals surface area contributed by atoms with Gasteiger partial charge in [-0.25, -0.2) is 0 Å². The molecule has 2 unspecified atom stereocenters. The molecule has 1 saturated heterocycles. The largest absolute Gasteiger partial charge is 0.394 e. The van der Waals surface area contributed by atoms with Crippen LogP contribution in [0.2, 0.25) is 0 Å². The summed E-state index contributed by atoms with van der Waals surface area (Å²) in [6, 6.07) is 5.29. The van der Waals surface area contributed by atoms with E-state index >= 15 is 0 Å². The van der Waals surface area contributed by atoms with Gasteiger partial charge in [0.2, 0.25) is 5.91 Å². The van der Waals surface area contributed by atoms with Crippen molar-refractivity contribution in [2.24, 2.45) is 5.92 Å². The van der Waals surface area contributed by atoms with E-state index in [1.165, 1.54) is 0 Å². The van der Waals surface area contributed by atoms with E-state index in [1.807, 2.05) is 23.1 Å². The van der Waals surface area contributed by atoms with Crippen LogP contribution in [0.1, 0.15) is 12.6 Å². The van der Waals surface area contributed by atoms with Gasteiger partial charge in [-0.1, -0.05) is 13.0 Å². The maximum atomic E-state index is 12.2. The molecule has 1 aliphatic heterocycles. The smallest absolute Gasteiger partial charge is 0.242 e. The molecule has 0 radical (unpaired) electrons. The van der Waals surface area contributed by atoms with Crippen molar-refractivity contribution in [3.05, 3.63) is 30.1 Å². The molecule has 1 amide bonds. The Labute approximate surface area is 113 Å². The van der Waals surface area contributed by atoms with Gasteiger partial charge in [-0.05, 0) is 18.1 Å². The van der Waals surface area contributed by atoms with Crippen LogP contribution in [0.25, 0.3) is 0 Å². The number of aliphatic hydroxyl groups is 1. The van der Waals surface area contributed by atoms with E-state index in [-0.39, 0.29) is 12.5 Å². The third-order valence-corrected chi connectivity index (χ3v) is 3.50. The number of rotatable bonds is 3. The molecule has 1 fully saturated rings. The highest BCUT2D eigenvalue weighted by molar-refractivity contribution is 5.82. The first-order chi connectivity index (χ1) is 9.11. The van der Waals surface area contributed by atoms with Gasteiger partial charge in [0, 0.05) is 32.9 Å². The zero-order chi connectivity index (χ0) is 13.8. The predicted octanol–water partition coefficient (Wildman–Crippen LogP) is 0.353. The van der Waals surface area contributed by atoms with Crippen LogP contribution in [-0.4, -0.2) is 58.6 Å². The third kappa shape index (κ3) is 3.30. The monoisotopic (exact) mass is 263 g/mol. The molecule has 5 heteroatoms. The Morgan fingerprint density at radius 1 is 1.42 bits per heavy atom. The number of aromatic nitrogens is 1. The highest BCUT2D eigenvalue weighted by atomic mass is 16.3. The summed E-state index contributed by atoms with van der Waals surface area (Å²) in [6.07, 6.45) is 1.75. The van der Waals surface area contributed by atoms with Crippen molar-refractivity contribution in [3.8, 4) is 0 Å². The molecule has 0 spiro atoms. The molecule has 104 valence electrons. The summed E-state index contributed by atoms with van der Waals surface area (Å²) < 4.78 is 0. The SMILES string of the molecule is CC1CN(C)C(=O)C(CO)N(Cc2ccccn2)C1. The summed E-state index contributed by atoms with van der Waals surface area (Å²) in [5.41, 5.74) is 0.922. The molecule has 0 bridgehead atoms. The molecule has 0 aliphatic carbocycles. The van der Waals surface area contributed by atoms with Gasteiger partial charge in [0.15, 0.2) is 0 Å². The number of hydrogen-bond acceptors (Lipinski definition) is 4. The van der Waals surface area contributed by atoms with Crippen LogP contribution >= 0.6 is 0 Å². The number of pyridine rings is 1. The number of carbonyl (C=O) groups excluding carboxylic acids is 1. The molecule has 2 atom stereocenters. The van der Waals surface area contributed by atoms with Crippen LogP contribution in [0, 0.1) is 5.92 Å². The van der Waals surface area contributed by atoms with Crippen LogP contribution < -0.4 is 0 Å². The van der Waals surface area contributed by atoms with Crippen molar-refractivity contribution in [2.45, 2.75) is 19.5 Å². The average Bonchev–Trinajstić information content (AvgIpc) is 2.48. The normalized spacial score (nSPS) is 25.4. The minimum absolute atomic E-state index is 0.0113. The number of hydrogen-bond donors (Lipinski definition) is 1. The summed E-state index contributed by atoms with van der Waals surface area (Å²) >= 11 is 0. The molecule has 2 rings (SSSR count). The van der Waals surface area contributed by atoms with Crippen LogP contribution in [0.5, 0.6) is 0 Å². The minimum atomic E-state index is -0.461. The zero-order valence-corrected chi connectivity index (χ0v) is 11.5. The van der Waals surface area contributed by atoms with Gasteiger partial charge in [0.25, 0.3) is 0 Å². The Hall–Kier alpha value is -1.46. The lowest BCUT2D eigenvalue weighted by Crippen LogP contribution is -2.46. The third-order valence-electron chi connectivity index (χ3n) is 3.50. The summed E-state index contributed by atoms with van der Waals surface area (Å²) in [4.78, 5) is 20.3. The summed E-state index contributed by atoms with van der Waals surface area (Å²) in [5, 5.41) is 9.53. The molecular weight excluding hydrogens is 242 g/mol. The minimum Gasteiger partial charge on any atom is -0.394 e. The number of nitrogens with zero attached hydrogens (tertiary/aromatic N) is 3. The molecule has 1 aromatic rings. The Kier molecular flexibility index (Phi) is 4.50. The molecule has 1 aromatic heterocycles. The van der Waals surface area contributed by atoms with Crippen LogP contribution in [0.3, 0.4) is 0 Å². The number of carbonyl (C=O) groups is 1. The molecule has 2 heterocycles. The molecule has 1 aliphatic rings. The first-order valence-corrected chi connectivity index (χ1v) is 6.61. The van der Waals surface area contributed by atoms with Crippen molar-refractivity contribution in [1.29, 1.82) is 0 Å². The Balaban J connectivity index is 2.18. The van der Waals surface area contributed by atoms with Gasteiger partial charge in [0.05, 0.1) is 12.3 Å². The fraction of sp³-hybridized carbons (Fsp3) is 0.571. The lowest BCUT2D eigenvalue weighted by Gasteiger charge is -2.28. The summed E-state index contributed by atoms with van der Waals surface area (Å²) in [5.74, 6) is 0.372. The lowest BCUT2D eigenvalue weighted by atomic mass is 10.1. The molecular formula is C14H21N3O2. The van der Waals surface area contributed by atoms with E-state index in [0.717, 1.165) is 18.8 Å². The highest BCUT2D eigenvalue weighted by Crippen LogP contribution is 2.16. The molecule has 5 nitrogen and oxygen atoms in total.